The molecule has 6 heteroatoms. The summed E-state index contributed by atoms with van der Waals surface area (Å²) in [6.45, 7) is 0. The zero-order chi connectivity index (χ0) is 26.8. The Kier molecular flexibility index (Phi) is 9.02. The third kappa shape index (κ3) is 5.03. The van der Waals surface area contributed by atoms with Gasteiger partial charge in [0.05, 0.1) is 0 Å². The molecule has 3 unspecified atom stereocenters. The molecule has 2 heterocycles. The van der Waals surface area contributed by atoms with E-state index in [4.69, 9.17) is 0 Å². The zero-order valence-corrected chi connectivity index (χ0v) is 30.3. The van der Waals surface area contributed by atoms with Crippen molar-refractivity contribution >= 4 is 67.8 Å². The zero-order valence-electron chi connectivity index (χ0n) is 22.2. The second-order valence-electron chi connectivity index (χ2n) is 10.5. The van der Waals surface area contributed by atoms with E-state index >= 15 is 0 Å². The first-order chi connectivity index (χ1) is 19.7. The van der Waals surface area contributed by atoms with Gasteiger partial charge >= 0.3 is 267 Å². The van der Waals surface area contributed by atoms with Crippen LogP contribution in [0.4, 0.5) is 0 Å². The number of hydrogen-bond donors (Lipinski definition) is 0. The molecular weight excluding hydrogens is 785 g/mol. The fourth-order valence-corrected chi connectivity index (χ4v) is 14.3. The van der Waals surface area contributed by atoms with Gasteiger partial charge < -0.3 is 24.8 Å². The molecule has 0 nitrogen and oxygen atoms in total. The van der Waals surface area contributed by atoms with E-state index in [9.17, 15) is 0 Å². The Bertz CT molecular complexity index is 1850. The van der Waals surface area contributed by atoms with Crippen molar-refractivity contribution in [3.05, 3.63) is 164 Å². The van der Waals surface area contributed by atoms with Crippen molar-refractivity contribution in [2.24, 2.45) is 0 Å². The van der Waals surface area contributed by atoms with Crippen LogP contribution in [0, 0.1) is 0 Å². The van der Waals surface area contributed by atoms with E-state index in [1.54, 1.807) is 6.56 Å². The average Bonchev–Trinajstić information content (AvgIpc) is 3.57. The molecule has 3 atom stereocenters. The number of rotatable bonds is 4. The Morgan fingerprint density at radius 3 is 1.86 bits per heavy atom. The van der Waals surface area contributed by atoms with Crippen LogP contribution in [0.2, 0.25) is 0 Å². The van der Waals surface area contributed by atoms with E-state index in [2.05, 4.69) is 159 Å². The van der Waals surface area contributed by atoms with Gasteiger partial charge in [0.25, 0.3) is 0 Å². The summed E-state index contributed by atoms with van der Waals surface area (Å²) < 4.78 is 5.74. The van der Waals surface area contributed by atoms with Crippen LogP contribution in [0.5, 0.6) is 0 Å². The molecule has 0 fully saturated rings. The van der Waals surface area contributed by atoms with Gasteiger partial charge in [0.1, 0.15) is 0 Å². The minimum absolute atomic E-state index is 0. The molecule has 5 aromatic rings. The maximum atomic E-state index is 4.01. The van der Waals surface area contributed by atoms with Crippen LogP contribution >= 0.6 is 39.8 Å². The van der Waals surface area contributed by atoms with Gasteiger partial charge in [-0.05, 0) is 0 Å². The third-order valence-corrected chi connectivity index (χ3v) is 15.7. The SMILES string of the molecule is Brc1cccc2c1C(c1ccccc1)[C]([Zr+2][C]1=Cc3c4ccc(Br)c3C1c1ccc(cc1)P4c1ccccc1)=C2.[Cl-].[Cl-]. The van der Waals surface area contributed by atoms with Crippen LogP contribution < -0.4 is 40.7 Å². The first-order valence-corrected chi connectivity index (χ1v) is 18.9. The second kappa shape index (κ2) is 12.4. The predicted molar refractivity (Wildman–Crippen MR) is 173 cm³/mol. The number of hydrogen-bond acceptors (Lipinski definition) is 0. The molecule has 0 amide bonds. The molecule has 5 aromatic carbocycles. The van der Waals surface area contributed by atoms with Crippen LogP contribution in [0.1, 0.15) is 45.2 Å². The summed E-state index contributed by atoms with van der Waals surface area (Å²) in [5, 5.41) is 4.33. The molecule has 9 rings (SSSR count). The molecule has 0 spiro atoms. The van der Waals surface area contributed by atoms with Crippen molar-refractivity contribution in [3.8, 4) is 0 Å². The van der Waals surface area contributed by atoms with E-state index in [0.29, 0.717) is 11.8 Å². The summed E-state index contributed by atoms with van der Waals surface area (Å²) in [6.07, 6.45) is 5.13. The average molecular weight is 808 g/mol. The second-order valence-corrected chi connectivity index (χ2v) is 17.8. The molecule has 42 heavy (non-hydrogen) atoms. The van der Waals surface area contributed by atoms with Crippen molar-refractivity contribution in [2.75, 3.05) is 0 Å². The van der Waals surface area contributed by atoms with E-state index < -0.39 is 31.2 Å². The predicted octanol–water partition coefficient (Wildman–Crippen LogP) is 3.05. The van der Waals surface area contributed by atoms with E-state index in [-0.39, 0.29) is 24.8 Å². The van der Waals surface area contributed by atoms with Gasteiger partial charge in [-0.3, -0.25) is 0 Å². The molecule has 0 saturated heterocycles. The molecule has 0 saturated carbocycles. The van der Waals surface area contributed by atoms with E-state index in [0.717, 1.165) is 0 Å². The van der Waals surface area contributed by atoms with Gasteiger partial charge in [-0.15, -0.1) is 0 Å². The Morgan fingerprint density at radius 1 is 0.524 bits per heavy atom. The maximum absolute atomic E-state index is 4.01. The minimum Gasteiger partial charge on any atom is -1.00 e. The van der Waals surface area contributed by atoms with Crippen LogP contribution in [0.15, 0.2) is 131 Å². The van der Waals surface area contributed by atoms with Crippen LogP contribution in [-0.2, 0) is 23.2 Å². The van der Waals surface area contributed by atoms with Crippen LogP contribution in [0.25, 0.3) is 12.2 Å². The Morgan fingerprint density at radius 2 is 1.12 bits per heavy atom. The third-order valence-electron chi connectivity index (χ3n) is 8.27. The van der Waals surface area contributed by atoms with Crippen LogP contribution in [0.3, 0.4) is 0 Å². The number of halogens is 4. The summed E-state index contributed by atoms with van der Waals surface area (Å²) in [5.41, 5.74) is 8.54. The van der Waals surface area contributed by atoms with Gasteiger partial charge in [0.2, 0.25) is 0 Å². The maximum Gasteiger partial charge on any atom is -1.00 e. The van der Waals surface area contributed by atoms with E-state index in [1.165, 1.54) is 58.2 Å². The fraction of sp³-hybridized carbons (Fsp3) is 0.0556. The van der Waals surface area contributed by atoms with Gasteiger partial charge in [-0.2, -0.15) is 0 Å². The molecule has 0 aromatic heterocycles. The summed E-state index contributed by atoms with van der Waals surface area (Å²) in [4.78, 5) is 0. The van der Waals surface area contributed by atoms with Gasteiger partial charge in [-0.1, -0.05) is 0 Å². The molecule has 2 aliphatic heterocycles. The normalized spacial score (nSPS) is 18.8. The van der Waals surface area contributed by atoms with Crippen LogP contribution in [-0.4, -0.2) is 0 Å². The van der Waals surface area contributed by atoms with Crippen molar-refractivity contribution in [1.82, 2.24) is 0 Å². The summed E-state index contributed by atoms with van der Waals surface area (Å²) in [5.74, 6) is 0.642. The number of benzene rings is 5. The number of allylic oxidation sites excluding steroid dienone is 2. The van der Waals surface area contributed by atoms with Crippen molar-refractivity contribution in [3.63, 3.8) is 0 Å². The molecule has 2 aliphatic carbocycles. The molecule has 204 valence electrons. The van der Waals surface area contributed by atoms with Crippen molar-refractivity contribution in [1.29, 1.82) is 0 Å². The van der Waals surface area contributed by atoms with Gasteiger partial charge in [0, 0.05) is 0 Å². The van der Waals surface area contributed by atoms with Gasteiger partial charge in [-0.25, -0.2) is 0 Å². The number of fused-ring (bicyclic) bond motifs is 3. The summed E-state index contributed by atoms with van der Waals surface area (Å²) in [7, 11) is -0.630. The smallest absolute Gasteiger partial charge is 1.00 e. The molecule has 0 N–H and O–H groups in total. The molecule has 4 aliphatic rings. The standard InChI is InChI=1S/C21H13BrP.C15H10Br.2ClH.Zr/c22-19-12-13-20-18-11-10-17(21(18)19)14-6-8-16(9-7-14)23(20)15-4-2-1-3-5-15;16-14-8-4-7-12-9-10-13(15(12)14)11-5-2-1-3-6-11;;;/h1-9,11-13,17H;1-9,13H;2*1H;/q;;;;+2/p-2. The quantitative estimate of drug-likeness (QED) is 0.246. The molecule has 6 bridgehead atoms. The monoisotopic (exact) mass is 804 g/mol. The summed E-state index contributed by atoms with van der Waals surface area (Å²) in [6, 6.07) is 43.2. The van der Waals surface area contributed by atoms with E-state index in [1.807, 2.05) is 0 Å². The van der Waals surface area contributed by atoms with Crippen molar-refractivity contribution in [2.45, 2.75) is 11.8 Å². The summed E-state index contributed by atoms with van der Waals surface area (Å²) >= 11 is 6.78. The fourth-order valence-electron chi connectivity index (χ4n) is 6.56. The molecular formula is C36H23Br2Cl2PZr. The van der Waals surface area contributed by atoms with Crippen molar-refractivity contribution < 1.29 is 48.0 Å². The Hall–Kier alpha value is -1.57. The first kappa shape index (κ1) is 30.5. The first-order valence-electron chi connectivity index (χ1n) is 13.5. The largest absolute Gasteiger partial charge is 1.00 e. The molecule has 0 radical (unpaired) electrons. The Balaban J connectivity index is 0.00000158. The Labute approximate surface area is 289 Å². The van der Waals surface area contributed by atoms with Gasteiger partial charge in [0.15, 0.2) is 0 Å². The topological polar surface area (TPSA) is 0 Å². The minimum atomic E-state index is -1.15.